The second-order valence-electron chi connectivity index (χ2n) is 12.8. The molecule has 2 unspecified atom stereocenters. The van der Waals surface area contributed by atoms with E-state index in [9.17, 15) is 9.50 Å². The number of aromatic nitrogens is 6. The number of nitrogens with zero attached hydrogens (tertiary/aromatic N) is 6. The van der Waals surface area contributed by atoms with Crippen LogP contribution < -0.4 is 9.47 Å². The normalized spacial score (nSPS) is 11.9. The standard InChI is InChI=1S/C11H18N2O2.C10H16N2O3.C9H13N.C8H10FN/c1-4-9(14)7-15-11-6-12-5-10(13-11)8(2)3;1-7(2)9-3-4-11-10(12-9)15-6-8(14)5-13;1-7(2)9-4-5-10-8(3)6-9;1-6(2)8-7(9)4-3-5-10-8/h5-6,8-9,14H,4,7H2,1-3H3;3-4,7-8,13-14H,5-6H2,1-2H3;4-7H,1-3H3;3-6H,1-2H3. The van der Waals surface area contributed by atoms with Crippen molar-refractivity contribution < 1.29 is 29.2 Å². The lowest BCUT2D eigenvalue weighted by molar-refractivity contribution is 0.0503. The van der Waals surface area contributed by atoms with Crippen LogP contribution >= 0.6 is 0 Å². The fraction of sp³-hybridized carbons (Fsp3) is 0.526. The van der Waals surface area contributed by atoms with Gasteiger partial charge in [-0.3, -0.25) is 15.0 Å². The Hall–Kier alpha value is -4.13. The largest absolute Gasteiger partial charge is 0.474 e. The minimum Gasteiger partial charge on any atom is -0.474 e. The van der Waals surface area contributed by atoms with E-state index < -0.39 is 12.2 Å². The van der Waals surface area contributed by atoms with Gasteiger partial charge in [0.25, 0.3) is 0 Å². The summed E-state index contributed by atoms with van der Waals surface area (Å²) in [5.41, 5.74) is 4.80. The van der Waals surface area contributed by atoms with Crippen molar-refractivity contribution in [2.24, 2.45) is 0 Å². The summed E-state index contributed by atoms with van der Waals surface area (Å²) < 4.78 is 23.2. The Morgan fingerprint density at radius 2 is 1.38 bits per heavy atom. The van der Waals surface area contributed by atoms with Gasteiger partial charge in [0.1, 0.15) is 25.1 Å². The van der Waals surface area contributed by atoms with E-state index in [1.165, 1.54) is 11.6 Å². The number of hydrogen-bond donors (Lipinski definition) is 3. The lowest BCUT2D eigenvalue weighted by Crippen LogP contribution is -2.22. The quantitative estimate of drug-likeness (QED) is 0.141. The van der Waals surface area contributed by atoms with E-state index in [4.69, 9.17) is 19.7 Å². The molecule has 4 rings (SSSR count). The first-order chi connectivity index (χ1) is 23.7. The molecule has 12 heteroatoms. The summed E-state index contributed by atoms with van der Waals surface area (Å²) in [7, 11) is 0. The van der Waals surface area contributed by atoms with Gasteiger partial charge in [-0.2, -0.15) is 0 Å². The monoisotopic (exact) mass is 696 g/mol. The predicted octanol–water partition coefficient (Wildman–Crippen LogP) is 6.94. The van der Waals surface area contributed by atoms with Crippen LogP contribution in [-0.2, 0) is 0 Å². The third-order valence-electron chi connectivity index (χ3n) is 6.90. The van der Waals surface area contributed by atoms with Gasteiger partial charge < -0.3 is 24.8 Å². The second kappa shape index (κ2) is 24.1. The second-order valence-corrected chi connectivity index (χ2v) is 12.8. The third-order valence-corrected chi connectivity index (χ3v) is 6.90. The van der Waals surface area contributed by atoms with Crippen molar-refractivity contribution >= 4 is 0 Å². The maximum Gasteiger partial charge on any atom is 0.316 e. The van der Waals surface area contributed by atoms with Crippen molar-refractivity contribution in [2.45, 2.75) is 112 Å². The fourth-order valence-corrected chi connectivity index (χ4v) is 3.73. The van der Waals surface area contributed by atoms with Gasteiger partial charge >= 0.3 is 6.01 Å². The smallest absolute Gasteiger partial charge is 0.316 e. The zero-order valence-electron chi connectivity index (χ0n) is 31.3. The first-order valence-electron chi connectivity index (χ1n) is 17.1. The SMILES string of the molecule is CC(C)c1ccnc(OCC(O)CO)n1.CC(C)c1ncccc1F.CCC(O)COc1cncc(C(C)C)n1.Cc1cc(C(C)C)ccn1. The van der Waals surface area contributed by atoms with Gasteiger partial charge in [-0.25, -0.2) is 19.3 Å². The molecular weight excluding hydrogens is 639 g/mol. The molecule has 0 aliphatic heterocycles. The Kier molecular flexibility index (Phi) is 21.1. The minimum absolute atomic E-state index is 0.00194. The van der Waals surface area contributed by atoms with E-state index in [-0.39, 0.29) is 37.6 Å². The Morgan fingerprint density at radius 1 is 0.720 bits per heavy atom. The van der Waals surface area contributed by atoms with Crippen molar-refractivity contribution in [1.82, 2.24) is 29.9 Å². The van der Waals surface area contributed by atoms with E-state index in [1.54, 1.807) is 30.9 Å². The van der Waals surface area contributed by atoms with Gasteiger partial charge in [-0.05, 0) is 72.9 Å². The molecule has 2 atom stereocenters. The molecule has 0 aromatic carbocycles. The van der Waals surface area contributed by atoms with Gasteiger partial charge in [0.15, 0.2) is 0 Å². The highest BCUT2D eigenvalue weighted by atomic mass is 19.1. The number of aryl methyl sites for hydroxylation is 1. The van der Waals surface area contributed by atoms with Crippen molar-refractivity contribution in [1.29, 1.82) is 0 Å². The molecule has 0 saturated carbocycles. The highest BCUT2D eigenvalue weighted by Crippen LogP contribution is 2.16. The highest BCUT2D eigenvalue weighted by molar-refractivity contribution is 5.18. The molecule has 0 aliphatic rings. The summed E-state index contributed by atoms with van der Waals surface area (Å²) in [6.45, 7) is 20.2. The average molecular weight is 697 g/mol. The number of ether oxygens (including phenoxy) is 2. The number of halogens is 1. The van der Waals surface area contributed by atoms with Gasteiger partial charge in [-0.1, -0.05) is 62.3 Å². The lowest BCUT2D eigenvalue weighted by atomic mass is 10.0. The number of aliphatic hydroxyl groups excluding tert-OH is 3. The fourth-order valence-electron chi connectivity index (χ4n) is 3.73. The molecule has 50 heavy (non-hydrogen) atoms. The first-order valence-corrected chi connectivity index (χ1v) is 17.1. The first kappa shape index (κ1) is 43.9. The molecule has 276 valence electrons. The minimum atomic E-state index is -0.892. The average Bonchev–Trinajstić information content (AvgIpc) is 3.10. The maximum absolute atomic E-state index is 12.8. The van der Waals surface area contributed by atoms with Gasteiger partial charge in [0, 0.05) is 30.5 Å². The molecule has 0 fully saturated rings. The third kappa shape index (κ3) is 18.0. The zero-order chi connectivity index (χ0) is 37.6. The summed E-state index contributed by atoms with van der Waals surface area (Å²) in [6.07, 6.45) is 7.73. The molecule has 11 nitrogen and oxygen atoms in total. The molecule has 0 aliphatic carbocycles. The van der Waals surface area contributed by atoms with E-state index in [0.717, 1.165) is 17.1 Å². The summed E-state index contributed by atoms with van der Waals surface area (Å²) >= 11 is 0. The van der Waals surface area contributed by atoms with Gasteiger partial charge in [-0.15, -0.1) is 0 Å². The molecular formula is C38H57FN6O5. The Bertz CT molecular complexity index is 1430. The maximum atomic E-state index is 12.8. The lowest BCUT2D eigenvalue weighted by Gasteiger charge is -2.10. The van der Waals surface area contributed by atoms with Crippen LogP contribution in [0.25, 0.3) is 0 Å². The molecule has 4 heterocycles. The number of pyridine rings is 2. The zero-order valence-corrected chi connectivity index (χ0v) is 31.3. The van der Waals surface area contributed by atoms with Crippen LogP contribution in [0.15, 0.2) is 61.3 Å². The topological polar surface area (TPSA) is 156 Å². The van der Waals surface area contributed by atoms with Crippen LogP contribution in [0.4, 0.5) is 4.39 Å². The molecule has 0 bridgehead atoms. The molecule has 0 amide bonds. The molecule has 4 aromatic heterocycles. The number of aliphatic hydroxyl groups is 3. The van der Waals surface area contributed by atoms with Crippen LogP contribution in [0, 0.1) is 12.7 Å². The van der Waals surface area contributed by atoms with Crippen molar-refractivity contribution in [3.8, 4) is 11.9 Å². The molecule has 4 aromatic rings. The summed E-state index contributed by atoms with van der Waals surface area (Å²) in [5, 5.41) is 27.0. The highest BCUT2D eigenvalue weighted by Gasteiger charge is 2.08. The van der Waals surface area contributed by atoms with Crippen LogP contribution in [0.5, 0.6) is 11.9 Å². The van der Waals surface area contributed by atoms with Crippen LogP contribution in [-0.4, -0.2) is 77.3 Å². The van der Waals surface area contributed by atoms with Crippen molar-refractivity contribution in [3.05, 3.63) is 95.5 Å². The van der Waals surface area contributed by atoms with E-state index >= 15 is 0 Å². The van der Waals surface area contributed by atoms with Crippen LogP contribution in [0.1, 0.15) is 121 Å². The summed E-state index contributed by atoms with van der Waals surface area (Å²) in [6, 6.07) is 9.28. The van der Waals surface area contributed by atoms with Crippen LogP contribution in [0.2, 0.25) is 0 Å². The Morgan fingerprint density at radius 3 is 1.90 bits per heavy atom. The molecule has 0 radical (unpaired) electrons. The predicted molar refractivity (Wildman–Crippen MR) is 194 cm³/mol. The number of rotatable bonds is 12. The van der Waals surface area contributed by atoms with E-state index in [2.05, 4.69) is 69.7 Å². The molecule has 0 spiro atoms. The Balaban J connectivity index is 0.000000339. The van der Waals surface area contributed by atoms with Gasteiger partial charge in [0.2, 0.25) is 5.88 Å². The van der Waals surface area contributed by atoms with Crippen LogP contribution in [0.3, 0.4) is 0 Å². The van der Waals surface area contributed by atoms with Crippen molar-refractivity contribution in [3.63, 3.8) is 0 Å². The summed E-state index contributed by atoms with van der Waals surface area (Å²) in [5.74, 6) is 1.68. The Labute approximate surface area is 297 Å². The van der Waals surface area contributed by atoms with E-state index in [0.29, 0.717) is 35.7 Å². The van der Waals surface area contributed by atoms with Gasteiger partial charge in [0.05, 0.1) is 36.0 Å². The van der Waals surface area contributed by atoms with Crippen molar-refractivity contribution in [2.75, 3.05) is 19.8 Å². The molecule has 3 N–H and O–H groups in total. The number of hydrogen-bond acceptors (Lipinski definition) is 11. The summed E-state index contributed by atoms with van der Waals surface area (Å²) in [4.78, 5) is 24.4. The van der Waals surface area contributed by atoms with E-state index in [1.807, 2.05) is 53.8 Å². The molecule has 0 saturated heterocycles.